The van der Waals surface area contributed by atoms with E-state index in [1.807, 2.05) is 0 Å². The number of rotatable bonds is 2. The van der Waals surface area contributed by atoms with E-state index in [-0.39, 0.29) is 10.8 Å². The molecule has 160 valence electrons. The van der Waals surface area contributed by atoms with Crippen LogP contribution in [0.5, 0.6) is 11.5 Å². The Morgan fingerprint density at radius 2 is 1.00 bits per heavy atom. The minimum Gasteiger partial charge on any atom is -0.507 e. The van der Waals surface area contributed by atoms with Gasteiger partial charge >= 0.3 is 0 Å². The van der Waals surface area contributed by atoms with Gasteiger partial charge in [-0.15, -0.1) is 0 Å². The SMILES string of the molecule is Cc1cc(C23CC4CC(C2)CC(c2cc(C)c(O)c(C)c2C)(C4)C3)c(C)c(C)c1O. The van der Waals surface area contributed by atoms with Crippen molar-refractivity contribution in [3.05, 3.63) is 56.6 Å². The maximum Gasteiger partial charge on any atom is 0.121 e. The highest BCUT2D eigenvalue weighted by atomic mass is 16.3. The standard InChI is InChI=1S/C28H36O2/c1-15-7-23(17(3)19(5)25(15)29)27-10-21-9-22(11-27)13-28(12-21,14-27)24-8-16(2)26(30)20(6)18(24)4/h7-8,21-22,29-30H,9-14H2,1-6H3. The second-order valence-electron chi connectivity index (χ2n) is 11.2. The number of phenols is 2. The fourth-order valence-electron chi connectivity index (χ4n) is 8.13. The highest BCUT2D eigenvalue weighted by molar-refractivity contribution is 5.54. The molecular weight excluding hydrogens is 368 g/mol. The van der Waals surface area contributed by atoms with Gasteiger partial charge in [-0.3, -0.25) is 0 Å². The second kappa shape index (κ2) is 6.28. The van der Waals surface area contributed by atoms with Gasteiger partial charge < -0.3 is 10.2 Å². The van der Waals surface area contributed by atoms with Crippen molar-refractivity contribution in [2.24, 2.45) is 11.8 Å². The van der Waals surface area contributed by atoms with E-state index in [0.717, 1.165) is 34.1 Å². The molecule has 0 saturated heterocycles. The van der Waals surface area contributed by atoms with Crippen LogP contribution in [-0.2, 0) is 10.8 Å². The Kier molecular flexibility index (Phi) is 4.18. The van der Waals surface area contributed by atoms with Gasteiger partial charge in [0.25, 0.3) is 0 Å². The van der Waals surface area contributed by atoms with Gasteiger partial charge in [-0.1, -0.05) is 12.1 Å². The van der Waals surface area contributed by atoms with E-state index < -0.39 is 0 Å². The molecule has 2 heteroatoms. The first kappa shape index (κ1) is 20.0. The van der Waals surface area contributed by atoms with Crippen LogP contribution in [-0.4, -0.2) is 10.2 Å². The summed E-state index contributed by atoms with van der Waals surface area (Å²) >= 11 is 0. The lowest BCUT2D eigenvalue weighted by molar-refractivity contribution is -0.0287. The zero-order valence-electron chi connectivity index (χ0n) is 19.4. The molecule has 0 radical (unpaired) electrons. The highest BCUT2D eigenvalue weighted by Crippen LogP contribution is 2.67. The minimum absolute atomic E-state index is 0.226. The van der Waals surface area contributed by atoms with Crippen molar-refractivity contribution in [2.75, 3.05) is 0 Å². The van der Waals surface area contributed by atoms with Crippen LogP contribution in [0.15, 0.2) is 12.1 Å². The second-order valence-corrected chi connectivity index (χ2v) is 11.2. The summed E-state index contributed by atoms with van der Waals surface area (Å²) in [7, 11) is 0. The minimum atomic E-state index is 0.226. The molecule has 4 fully saturated rings. The van der Waals surface area contributed by atoms with E-state index in [9.17, 15) is 10.2 Å². The maximum atomic E-state index is 10.5. The van der Waals surface area contributed by atoms with E-state index in [0.29, 0.717) is 11.5 Å². The molecule has 0 aliphatic heterocycles. The highest BCUT2D eigenvalue weighted by Gasteiger charge is 2.59. The van der Waals surface area contributed by atoms with Crippen molar-refractivity contribution >= 4 is 0 Å². The first-order chi connectivity index (χ1) is 14.1. The Bertz CT molecular complexity index is 966. The lowest BCUT2D eigenvalue weighted by atomic mass is 9.41. The summed E-state index contributed by atoms with van der Waals surface area (Å²) in [6, 6.07) is 4.61. The number of aryl methyl sites for hydroxylation is 2. The third-order valence-electron chi connectivity index (χ3n) is 9.32. The van der Waals surface area contributed by atoms with Crippen LogP contribution in [0.2, 0.25) is 0 Å². The van der Waals surface area contributed by atoms with E-state index in [4.69, 9.17) is 0 Å². The van der Waals surface area contributed by atoms with Crippen LogP contribution in [0.4, 0.5) is 0 Å². The molecule has 0 atom stereocenters. The summed E-state index contributed by atoms with van der Waals surface area (Å²) in [6.07, 6.45) is 7.78. The van der Waals surface area contributed by atoms with Gasteiger partial charge in [-0.2, -0.15) is 0 Å². The summed E-state index contributed by atoms with van der Waals surface area (Å²) in [5, 5.41) is 21.0. The summed E-state index contributed by atoms with van der Waals surface area (Å²) in [6.45, 7) is 12.7. The molecule has 4 aliphatic rings. The zero-order chi connectivity index (χ0) is 21.6. The molecule has 30 heavy (non-hydrogen) atoms. The lowest BCUT2D eigenvalue weighted by Gasteiger charge is -2.63. The Morgan fingerprint density at radius 1 is 0.633 bits per heavy atom. The topological polar surface area (TPSA) is 40.5 Å². The van der Waals surface area contributed by atoms with Crippen molar-refractivity contribution in [1.82, 2.24) is 0 Å². The lowest BCUT2D eigenvalue weighted by Crippen LogP contribution is -2.56. The molecule has 6 rings (SSSR count). The van der Waals surface area contributed by atoms with Gasteiger partial charge in [0.05, 0.1) is 0 Å². The Balaban J connectivity index is 1.70. The molecule has 4 aliphatic carbocycles. The Morgan fingerprint density at radius 3 is 1.37 bits per heavy atom. The van der Waals surface area contributed by atoms with Crippen LogP contribution in [0, 0.1) is 53.4 Å². The number of hydrogen-bond donors (Lipinski definition) is 2. The van der Waals surface area contributed by atoms with Crippen LogP contribution < -0.4 is 0 Å². The van der Waals surface area contributed by atoms with Gasteiger partial charge in [0, 0.05) is 0 Å². The number of aromatic hydroxyl groups is 2. The molecule has 2 aromatic carbocycles. The molecule has 0 aromatic heterocycles. The van der Waals surface area contributed by atoms with Crippen molar-refractivity contribution < 1.29 is 10.2 Å². The van der Waals surface area contributed by atoms with E-state index in [1.165, 1.54) is 60.8 Å². The quantitative estimate of drug-likeness (QED) is 0.582. The average Bonchev–Trinajstić information content (AvgIpc) is 2.69. The van der Waals surface area contributed by atoms with Crippen molar-refractivity contribution in [1.29, 1.82) is 0 Å². The molecule has 4 bridgehead atoms. The van der Waals surface area contributed by atoms with Gasteiger partial charge in [-0.25, -0.2) is 0 Å². The predicted octanol–water partition coefficient (Wildman–Crippen LogP) is 6.74. The Hall–Kier alpha value is -1.96. The number of phenolic OH excluding ortho intramolecular Hbond substituents is 2. The summed E-state index contributed by atoms with van der Waals surface area (Å²) < 4.78 is 0. The van der Waals surface area contributed by atoms with Crippen LogP contribution in [0.25, 0.3) is 0 Å². The molecule has 2 N–H and O–H groups in total. The molecule has 4 saturated carbocycles. The molecule has 0 unspecified atom stereocenters. The van der Waals surface area contributed by atoms with Crippen LogP contribution >= 0.6 is 0 Å². The Labute approximate surface area is 181 Å². The summed E-state index contributed by atoms with van der Waals surface area (Å²) in [5.41, 5.74) is 10.2. The molecular formula is C28H36O2. The molecule has 2 nitrogen and oxygen atoms in total. The normalized spacial score (nSPS) is 32.1. The maximum absolute atomic E-state index is 10.5. The third kappa shape index (κ3) is 2.55. The molecule has 2 aromatic rings. The largest absolute Gasteiger partial charge is 0.507 e. The monoisotopic (exact) mass is 404 g/mol. The third-order valence-corrected chi connectivity index (χ3v) is 9.32. The summed E-state index contributed by atoms with van der Waals surface area (Å²) in [4.78, 5) is 0. The average molecular weight is 405 g/mol. The van der Waals surface area contributed by atoms with Crippen molar-refractivity contribution in [3.63, 3.8) is 0 Å². The van der Waals surface area contributed by atoms with Gasteiger partial charge in [-0.05, 0) is 147 Å². The van der Waals surface area contributed by atoms with Gasteiger partial charge in [0.15, 0.2) is 0 Å². The van der Waals surface area contributed by atoms with Crippen LogP contribution in [0.3, 0.4) is 0 Å². The fraction of sp³-hybridized carbons (Fsp3) is 0.571. The van der Waals surface area contributed by atoms with Gasteiger partial charge in [0.2, 0.25) is 0 Å². The first-order valence-electron chi connectivity index (χ1n) is 11.7. The molecule has 0 amide bonds. The van der Waals surface area contributed by atoms with E-state index in [1.54, 1.807) is 0 Å². The molecule has 0 spiro atoms. The molecule has 0 heterocycles. The number of benzene rings is 2. The van der Waals surface area contributed by atoms with Crippen LogP contribution in [0.1, 0.15) is 83.0 Å². The van der Waals surface area contributed by atoms with E-state index >= 15 is 0 Å². The number of hydrogen-bond acceptors (Lipinski definition) is 2. The smallest absolute Gasteiger partial charge is 0.121 e. The zero-order valence-corrected chi connectivity index (χ0v) is 19.4. The summed E-state index contributed by atoms with van der Waals surface area (Å²) in [5.74, 6) is 2.51. The first-order valence-corrected chi connectivity index (χ1v) is 11.7. The van der Waals surface area contributed by atoms with Crippen molar-refractivity contribution in [2.45, 2.75) is 90.9 Å². The fourth-order valence-corrected chi connectivity index (χ4v) is 8.13. The van der Waals surface area contributed by atoms with E-state index in [2.05, 4.69) is 53.7 Å². The van der Waals surface area contributed by atoms with Crippen molar-refractivity contribution in [3.8, 4) is 11.5 Å². The van der Waals surface area contributed by atoms with Gasteiger partial charge in [0.1, 0.15) is 11.5 Å². The predicted molar refractivity (Wildman–Crippen MR) is 123 cm³/mol.